The minimum Gasteiger partial charge on any atom is -1.00 e. The van der Waals surface area contributed by atoms with Crippen molar-refractivity contribution < 1.29 is 48.1 Å². The summed E-state index contributed by atoms with van der Waals surface area (Å²) in [4.78, 5) is 0. The molecule has 2 unspecified atom stereocenters. The molecule has 0 aliphatic heterocycles. The second kappa shape index (κ2) is 21.5. The van der Waals surface area contributed by atoms with Gasteiger partial charge in [-0.3, -0.25) is 0 Å². The van der Waals surface area contributed by atoms with E-state index in [-0.39, 0.29) is 30.2 Å². The van der Waals surface area contributed by atoms with Crippen LogP contribution in [0.25, 0.3) is 43.8 Å². The number of hydrogen-bond donors (Lipinski definition) is 0. The number of halogens is 2. The second-order valence-corrected chi connectivity index (χ2v) is 21.8. The zero-order chi connectivity index (χ0) is 35.7. The van der Waals surface area contributed by atoms with E-state index in [0.29, 0.717) is 11.8 Å². The van der Waals surface area contributed by atoms with Crippen LogP contribution in [-0.2, 0) is 29.8 Å². The average molecular weight is 813 g/mol. The maximum Gasteiger partial charge on any atom is -0.0193 e. The standard InChI is InChI=1S/C22H25.C21H23.C4H10Si.2ClH.Zr/c1-5-15(3)18-8-10-19(11-9-18)20-12-7-16(4)21-13-17(6-2)14-22(20)21;1-5-15(3)17-7-9-18(10-8-17)19-11-6-16(4)20-12-14(2)13-21(19)20;1-3-5-4-2;;;/h7-15H,5-6H2,1-4H3;6-13,15H,5H2,1-4H3;3-4H2,1-2H3;2*1H;/q2*-1;;;;+2/p-2. The molecule has 0 aliphatic carbocycles. The molecule has 2 atom stereocenters. The molecule has 270 valence electrons. The van der Waals surface area contributed by atoms with Crippen LogP contribution in [0, 0.1) is 20.8 Å². The van der Waals surface area contributed by atoms with Gasteiger partial charge < -0.3 is 24.8 Å². The summed E-state index contributed by atoms with van der Waals surface area (Å²) in [6.45, 7) is 22.5. The van der Waals surface area contributed by atoms with Crippen molar-refractivity contribution in [1.82, 2.24) is 0 Å². The van der Waals surface area contributed by atoms with Gasteiger partial charge in [0.1, 0.15) is 0 Å². The first-order chi connectivity index (χ1) is 23.5. The van der Waals surface area contributed by atoms with E-state index in [4.69, 9.17) is 0 Å². The van der Waals surface area contributed by atoms with E-state index in [2.05, 4.69) is 166 Å². The molecule has 0 aromatic heterocycles. The molecule has 0 saturated carbocycles. The predicted octanol–water partition coefficient (Wildman–Crippen LogP) is 8.54. The first-order valence-corrected chi connectivity index (χ1v) is 24.3. The quantitative estimate of drug-likeness (QED) is 0.102. The van der Waals surface area contributed by atoms with Gasteiger partial charge in [-0.15, -0.1) is 68.1 Å². The van der Waals surface area contributed by atoms with Crippen LogP contribution in [0.3, 0.4) is 0 Å². The van der Waals surface area contributed by atoms with Crippen molar-refractivity contribution in [3.8, 4) is 22.3 Å². The molecule has 0 amide bonds. The summed E-state index contributed by atoms with van der Waals surface area (Å²) in [6, 6.07) is 39.5. The fraction of sp³-hybridized carbons (Fsp3) is 0.362. The van der Waals surface area contributed by atoms with Crippen LogP contribution in [0.2, 0.25) is 12.1 Å². The maximum atomic E-state index is 2.36. The molecule has 51 heavy (non-hydrogen) atoms. The van der Waals surface area contributed by atoms with E-state index in [1.165, 1.54) is 102 Å². The molecule has 0 radical (unpaired) electrons. The molecule has 0 N–H and O–H groups in total. The van der Waals surface area contributed by atoms with Gasteiger partial charge in [0.25, 0.3) is 0 Å². The number of benzene rings is 4. The van der Waals surface area contributed by atoms with Crippen LogP contribution in [0.15, 0.2) is 97.1 Å². The van der Waals surface area contributed by atoms with Crippen LogP contribution >= 0.6 is 0 Å². The Labute approximate surface area is 337 Å². The Morgan fingerprint density at radius 2 is 0.980 bits per heavy atom. The minimum atomic E-state index is 0. The molecule has 6 aromatic rings. The molecule has 0 spiro atoms. The van der Waals surface area contributed by atoms with Crippen molar-refractivity contribution in [2.45, 2.75) is 112 Å². The molecule has 0 saturated heterocycles. The number of rotatable bonds is 9. The van der Waals surface area contributed by atoms with Gasteiger partial charge in [-0.2, -0.15) is 12.1 Å². The summed E-state index contributed by atoms with van der Waals surface area (Å²) < 4.78 is 0. The third-order valence-electron chi connectivity index (χ3n) is 10.5. The molecule has 0 nitrogen and oxygen atoms in total. The first kappa shape index (κ1) is 44.9. The summed E-state index contributed by atoms with van der Waals surface area (Å²) in [6.07, 6.45) is 3.48. The monoisotopic (exact) mass is 810 g/mol. The molecule has 6 aromatic carbocycles. The van der Waals surface area contributed by atoms with E-state index in [0.717, 1.165) is 6.42 Å². The zero-order valence-electron chi connectivity index (χ0n) is 32.7. The number of hydrogen-bond acceptors (Lipinski definition) is 0. The van der Waals surface area contributed by atoms with Crippen LogP contribution in [0.5, 0.6) is 0 Å². The van der Waals surface area contributed by atoms with Gasteiger partial charge in [0.2, 0.25) is 0 Å². The summed E-state index contributed by atoms with van der Waals surface area (Å²) in [5.41, 5.74) is 13.9. The number of aryl methyl sites for hydroxylation is 4. The zero-order valence-corrected chi connectivity index (χ0v) is 37.7. The van der Waals surface area contributed by atoms with Crippen LogP contribution < -0.4 is 24.8 Å². The predicted molar refractivity (Wildman–Crippen MR) is 218 cm³/mol. The van der Waals surface area contributed by atoms with E-state index in [9.17, 15) is 0 Å². The van der Waals surface area contributed by atoms with Crippen LogP contribution in [-0.4, -0.2) is 5.43 Å². The van der Waals surface area contributed by atoms with Crippen molar-refractivity contribution >= 4 is 27.0 Å². The van der Waals surface area contributed by atoms with Crippen molar-refractivity contribution in [1.29, 1.82) is 0 Å². The molecule has 0 aliphatic rings. The van der Waals surface area contributed by atoms with Crippen molar-refractivity contribution in [2.75, 3.05) is 0 Å². The summed E-state index contributed by atoms with van der Waals surface area (Å²) in [5, 5.41) is 5.56. The summed E-state index contributed by atoms with van der Waals surface area (Å²) in [7, 11) is 0. The molecule has 4 heteroatoms. The Kier molecular flexibility index (Phi) is 18.9. The Hall–Kier alpha value is -2.22. The Bertz CT molecular complexity index is 1950. The Balaban J connectivity index is 0.000000296. The molecule has 0 bridgehead atoms. The Morgan fingerprint density at radius 1 is 0.569 bits per heavy atom. The normalized spacial score (nSPS) is 11.8. The second-order valence-electron chi connectivity index (χ2n) is 13.9. The molecular formula is C47H58Cl2SiZr-2. The van der Waals surface area contributed by atoms with Gasteiger partial charge in [-0.05, 0) is 53.4 Å². The Morgan fingerprint density at radius 3 is 1.35 bits per heavy atom. The van der Waals surface area contributed by atoms with Crippen molar-refractivity contribution in [3.63, 3.8) is 0 Å². The average Bonchev–Trinajstić information content (AvgIpc) is 3.76. The fourth-order valence-electron chi connectivity index (χ4n) is 6.51. The van der Waals surface area contributed by atoms with Gasteiger partial charge in [-0.1, -0.05) is 127 Å². The third-order valence-corrected chi connectivity index (χ3v) is 17.4. The van der Waals surface area contributed by atoms with Gasteiger partial charge in [0.15, 0.2) is 0 Å². The van der Waals surface area contributed by atoms with Crippen molar-refractivity contribution in [2.24, 2.45) is 0 Å². The topological polar surface area (TPSA) is 0 Å². The molecule has 6 rings (SSSR count). The van der Waals surface area contributed by atoms with Gasteiger partial charge in [0, 0.05) is 0 Å². The van der Waals surface area contributed by atoms with E-state index < -0.39 is 0 Å². The summed E-state index contributed by atoms with van der Waals surface area (Å²) >= 11 is 1.80. The van der Waals surface area contributed by atoms with Gasteiger partial charge >= 0.3 is 54.7 Å². The van der Waals surface area contributed by atoms with E-state index >= 15 is 0 Å². The molecule has 0 heterocycles. The number of fused-ring (bicyclic) bond motifs is 2. The molecule has 0 fully saturated rings. The van der Waals surface area contributed by atoms with E-state index in [1.807, 2.05) is 0 Å². The molecular weight excluding hydrogens is 755 g/mol. The van der Waals surface area contributed by atoms with Gasteiger partial charge in [-0.25, -0.2) is 0 Å². The van der Waals surface area contributed by atoms with E-state index in [1.54, 1.807) is 23.3 Å². The maximum absolute atomic E-state index is 2.36. The SMILES string of the molecule is CCC(C)c1ccc(-c2ccc(C)c3[cH-]c(C)cc23)cc1.CC[Si](=[Zr+2])CC.CCc1cc2c(-c3ccc(C(C)CC)cc3)ccc(C)c2[cH-]1.[Cl-].[Cl-]. The fourth-order valence-corrected chi connectivity index (χ4v) is 7.01. The van der Waals surface area contributed by atoms with Crippen LogP contribution in [0.1, 0.15) is 107 Å². The third kappa shape index (κ3) is 11.4. The van der Waals surface area contributed by atoms with Gasteiger partial charge in [0.05, 0.1) is 0 Å². The smallest absolute Gasteiger partial charge is 0.0193 e. The first-order valence-electron chi connectivity index (χ1n) is 18.7. The summed E-state index contributed by atoms with van der Waals surface area (Å²) in [5.74, 6) is 1.27. The van der Waals surface area contributed by atoms with Crippen molar-refractivity contribution in [3.05, 3.63) is 130 Å². The van der Waals surface area contributed by atoms with Crippen LogP contribution in [0.4, 0.5) is 0 Å². The largest absolute Gasteiger partial charge is 1.00 e. The minimum absolute atomic E-state index is 0.